The normalized spacial score (nSPS) is 22.3. The molecule has 29 heavy (non-hydrogen) atoms. The molecule has 2 unspecified atom stereocenters. The molecule has 0 bridgehead atoms. The van der Waals surface area contributed by atoms with E-state index in [2.05, 4.69) is 5.32 Å². The van der Waals surface area contributed by atoms with Crippen molar-refractivity contribution in [2.75, 3.05) is 6.54 Å². The van der Waals surface area contributed by atoms with Crippen LogP contribution in [-0.2, 0) is 4.79 Å². The van der Waals surface area contributed by atoms with Crippen LogP contribution in [0.1, 0.15) is 47.9 Å². The maximum atomic E-state index is 14.6. The molecule has 0 spiro atoms. The number of alkyl halides is 1. The second kappa shape index (κ2) is 7.81. The van der Waals surface area contributed by atoms with Crippen molar-refractivity contribution in [3.05, 3.63) is 71.0 Å². The largest absolute Gasteiger partial charge is 0.465 e. The number of carboxylic acid groups (broad SMARTS) is 1. The van der Waals surface area contributed by atoms with Crippen LogP contribution in [0.3, 0.4) is 0 Å². The summed E-state index contributed by atoms with van der Waals surface area (Å²) in [5, 5.41) is 12.1. The van der Waals surface area contributed by atoms with Gasteiger partial charge in [0.1, 0.15) is 18.0 Å². The van der Waals surface area contributed by atoms with E-state index in [1.807, 2.05) is 6.07 Å². The molecule has 0 aromatic heterocycles. The van der Waals surface area contributed by atoms with Gasteiger partial charge in [0.2, 0.25) is 5.91 Å². The number of hydrogen-bond acceptors (Lipinski definition) is 2. The van der Waals surface area contributed by atoms with E-state index >= 15 is 0 Å². The van der Waals surface area contributed by atoms with Crippen molar-refractivity contribution in [1.29, 1.82) is 0 Å². The zero-order valence-corrected chi connectivity index (χ0v) is 15.7. The molecule has 1 saturated heterocycles. The molecule has 2 amide bonds. The molecule has 2 aliphatic rings. The summed E-state index contributed by atoms with van der Waals surface area (Å²) in [6, 6.07) is 12.2. The first-order chi connectivity index (χ1) is 13.9. The third-order valence-electron chi connectivity index (χ3n) is 5.59. The smallest absolute Gasteiger partial charge is 0.408 e. The molecule has 7 heteroatoms. The first-order valence-corrected chi connectivity index (χ1v) is 9.72. The molecule has 5 nitrogen and oxygen atoms in total. The van der Waals surface area contributed by atoms with E-state index in [0.717, 1.165) is 23.3 Å². The minimum absolute atomic E-state index is 0.186. The van der Waals surface area contributed by atoms with Crippen molar-refractivity contribution in [3.8, 4) is 0 Å². The molecule has 2 N–H and O–H groups in total. The number of benzene rings is 2. The predicted molar refractivity (Wildman–Crippen MR) is 103 cm³/mol. The van der Waals surface area contributed by atoms with Crippen molar-refractivity contribution in [2.24, 2.45) is 0 Å². The molecule has 2 fully saturated rings. The van der Waals surface area contributed by atoms with Gasteiger partial charge in [-0.25, -0.2) is 13.6 Å². The van der Waals surface area contributed by atoms with Gasteiger partial charge in [-0.1, -0.05) is 42.5 Å². The number of amides is 2. The Labute approximate surface area is 167 Å². The highest BCUT2D eigenvalue weighted by Crippen LogP contribution is 2.41. The summed E-state index contributed by atoms with van der Waals surface area (Å²) in [5.74, 6) is -0.636. The molecule has 1 aliphatic carbocycles. The van der Waals surface area contributed by atoms with Crippen LogP contribution in [0.15, 0.2) is 48.5 Å². The highest BCUT2D eigenvalue weighted by atomic mass is 19.1. The fraction of sp³-hybridized carbons (Fsp3) is 0.364. The highest BCUT2D eigenvalue weighted by molar-refractivity contribution is 5.86. The molecule has 152 valence electrons. The second-order valence-electron chi connectivity index (χ2n) is 7.69. The number of carbonyl (C=O) groups is 2. The van der Waals surface area contributed by atoms with Crippen LogP contribution in [0, 0.1) is 5.82 Å². The molecule has 1 saturated carbocycles. The fourth-order valence-electron chi connectivity index (χ4n) is 3.94. The highest BCUT2D eigenvalue weighted by Gasteiger charge is 2.40. The van der Waals surface area contributed by atoms with E-state index in [4.69, 9.17) is 0 Å². The van der Waals surface area contributed by atoms with E-state index in [1.54, 1.807) is 36.4 Å². The van der Waals surface area contributed by atoms with Crippen LogP contribution in [0.5, 0.6) is 0 Å². The molecule has 3 atom stereocenters. The van der Waals surface area contributed by atoms with Crippen molar-refractivity contribution in [2.45, 2.75) is 43.4 Å². The van der Waals surface area contributed by atoms with Crippen LogP contribution in [0.4, 0.5) is 13.6 Å². The van der Waals surface area contributed by atoms with Gasteiger partial charge in [0.15, 0.2) is 0 Å². The minimum Gasteiger partial charge on any atom is -0.465 e. The zero-order chi connectivity index (χ0) is 20.5. The summed E-state index contributed by atoms with van der Waals surface area (Å²) >= 11 is 0. The van der Waals surface area contributed by atoms with Gasteiger partial charge in [-0.2, -0.15) is 0 Å². The van der Waals surface area contributed by atoms with Gasteiger partial charge in [0.05, 0.1) is 12.6 Å². The van der Waals surface area contributed by atoms with E-state index < -0.39 is 30.3 Å². The van der Waals surface area contributed by atoms with Gasteiger partial charge in [-0.05, 0) is 41.5 Å². The summed E-state index contributed by atoms with van der Waals surface area (Å²) in [6.07, 6.45) is -0.943. The van der Waals surface area contributed by atoms with Crippen LogP contribution >= 0.6 is 0 Å². The maximum absolute atomic E-state index is 14.6. The average Bonchev–Trinajstić information content (AvgIpc) is 3.47. The Morgan fingerprint density at radius 3 is 2.45 bits per heavy atom. The summed E-state index contributed by atoms with van der Waals surface area (Å²) < 4.78 is 28.4. The molecular weight excluding hydrogens is 378 g/mol. The van der Waals surface area contributed by atoms with Crippen LogP contribution in [0.2, 0.25) is 0 Å². The lowest BCUT2D eigenvalue weighted by molar-refractivity contribution is -0.125. The summed E-state index contributed by atoms with van der Waals surface area (Å²) in [5.41, 5.74) is 1.97. The van der Waals surface area contributed by atoms with E-state index in [9.17, 15) is 23.5 Å². The van der Waals surface area contributed by atoms with Crippen LogP contribution in [-0.4, -0.2) is 40.8 Å². The number of hydrogen-bond donors (Lipinski definition) is 2. The summed E-state index contributed by atoms with van der Waals surface area (Å²) in [6.45, 7) is -0.325. The van der Waals surface area contributed by atoms with E-state index in [0.29, 0.717) is 11.1 Å². The van der Waals surface area contributed by atoms with Crippen LogP contribution < -0.4 is 5.32 Å². The molecule has 2 aromatic carbocycles. The first kappa shape index (κ1) is 19.4. The lowest BCUT2D eigenvalue weighted by Gasteiger charge is -2.25. The Morgan fingerprint density at radius 1 is 1.10 bits per heavy atom. The minimum atomic E-state index is -1.38. The number of nitrogens with zero attached hydrogens (tertiary/aromatic N) is 1. The van der Waals surface area contributed by atoms with Crippen molar-refractivity contribution < 1.29 is 23.5 Å². The first-order valence-electron chi connectivity index (χ1n) is 9.72. The number of halogens is 2. The molecule has 4 rings (SSSR count). The molecule has 0 radical (unpaired) electrons. The topological polar surface area (TPSA) is 69.6 Å². The number of nitrogens with one attached hydrogen (secondary N) is 1. The third-order valence-corrected chi connectivity index (χ3v) is 5.59. The standard InChI is InChI=1S/C22H22F2N2O3/c23-16-11-19(26(12-16)22(28)29)21(27)25-20(14-4-2-1-3-5-14)15-8-9-17(13-6-7-13)18(24)10-15/h1-5,8-10,13,16,19-20H,6-7,11-12H2,(H,25,27)(H,28,29)/t16?,19-,20?/m1/s1. The second-order valence-corrected chi connectivity index (χ2v) is 7.69. The number of rotatable bonds is 5. The number of carbonyl (C=O) groups excluding carboxylic acids is 1. The Balaban J connectivity index is 1.62. The maximum Gasteiger partial charge on any atom is 0.408 e. The van der Waals surface area contributed by atoms with Crippen LogP contribution in [0.25, 0.3) is 0 Å². The van der Waals surface area contributed by atoms with Gasteiger partial charge in [0.25, 0.3) is 0 Å². The molecule has 1 heterocycles. The van der Waals surface area contributed by atoms with Gasteiger partial charge >= 0.3 is 6.09 Å². The Hall–Kier alpha value is -2.96. The van der Waals surface area contributed by atoms with E-state index in [-0.39, 0.29) is 24.7 Å². The third kappa shape index (κ3) is 4.09. The lowest BCUT2D eigenvalue weighted by atomic mass is 9.96. The Bertz CT molecular complexity index is 918. The Morgan fingerprint density at radius 2 is 1.83 bits per heavy atom. The van der Waals surface area contributed by atoms with Gasteiger partial charge in [-0.3, -0.25) is 9.69 Å². The monoisotopic (exact) mass is 400 g/mol. The predicted octanol–water partition coefficient (Wildman–Crippen LogP) is 4.00. The SMILES string of the molecule is O=C(NC(c1ccccc1)c1ccc(C2CC2)c(F)c1)[C@H]1CC(F)CN1C(=O)O. The average molecular weight is 400 g/mol. The molecular formula is C22H22F2N2O3. The summed E-state index contributed by atoms with van der Waals surface area (Å²) in [4.78, 5) is 25.0. The van der Waals surface area contributed by atoms with E-state index in [1.165, 1.54) is 6.07 Å². The quantitative estimate of drug-likeness (QED) is 0.797. The van der Waals surface area contributed by atoms with Gasteiger partial charge in [0, 0.05) is 6.42 Å². The van der Waals surface area contributed by atoms with Gasteiger partial charge < -0.3 is 10.4 Å². The zero-order valence-electron chi connectivity index (χ0n) is 15.7. The molecule has 2 aromatic rings. The molecule has 1 aliphatic heterocycles. The fourth-order valence-corrected chi connectivity index (χ4v) is 3.94. The Kier molecular flexibility index (Phi) is 5.22. The summed E-state index contributed by atoms with van der Waals surface area (Å²) in [7, 11) is 0. The van der Waals surface area contributed by atoms with Crippen molar-refractivity contribution >= 4 is 12.0 Å². The lowest BCUT2D eigenvalue weighted by Crippen LogP contribution is -2.46. The van der Waals surface area contributed by atoms with Gasteiger partial charge in [-0.15, -0.1) is 0 Å². The number of likely N-dealkylation sites (tertiary alicyclic amines) is 1. The van der Waals surface area contributed by atoms with Crippen molar-refractivity contribution in [3.63, 3.8) is 0 Å². The van der Waals surface area contributed by atoms with Crippen molar-refractivity contribution in [1.82, 2.24) is 10.2 Å².